The van der Waals surface area contributed by atoms with Gasteiger partial charge in [0.25, 0.3) is 5.91 Å². The Hall–Kier alpha value is -3.35. The highest BCUT2D eigenvalue weighted by Crippen LogP contribution is 2.40. The molecule has 36 heavy (non-hydrogen) atoms. The summed E-state index contributed by atoms with van der Waals surface area (Å²) in [7, 11) is 0. The molecule has 3 amide bonds. The predicted molar refractivity (Wildman–Crippen MR) is 143 cm³/mol. The van der Waals surface area contributed by atoms with Gasteiger partial charge in [0.15, 0.2) is 0 Å². The molecular formula is C29H38N4O3. The Balaban J connectivity index is 1.56. The lowest BCUT2D eigenvalue weighted by atomic mass is 9.95. The van der Waals surface area contributed by atoms with Crippen molar-refractivity contribution in [3.63, 3.8) is 0 Å². The first-order chi connectivity index (χ1) is 17.3. The Morgan fingerprint density at radius 2 is 1.75 bits per heavy atom. The van der Waals surface area contributed by atoms with Crippen molar-refractivity contribution in [1.82, 2.24) is 10.2 Å². The van der Waals surface area contributed by atoms with Gasteiger partial charge in [-0.3, -0.25) is 19.3 Å². The van der Waals surface area contributed by atoms with Crippen molar-refractivity contribution in [2.45, 2.75) is 65.5 Å². The van der Waals surface area contributed by atoms with Crippen LogP contribution in [0, 0.1) is 0 Å². The molecule has 2 aromatic rings. The van der Waals surface area contributed by atoms with Crippen LogP contribution in [0.1, 0.15) is 74.4 Å². The van der Waals surface area contributed by atoms with E-state index in [1.807, 2.05) is 38.1 Å². The molecule has 4 rings (SSSR count). The van der Waals surface area contributed by atoms with E-state index in [0.29, 0.717) is 36.8 Å². The summed E-state index contributed by atoms with van der Waals surface area (Å²) in [4.78, 5) is 45.1. The highest BCUT2D eigenvalue weighted by atomic mass is 16.2. The molecule has 1 atom stereocenters. The normalized spacial score (nSPS) is 17.0. The molecule has 0 saturated carbocycles. The third-order valence-electron chi connectivity index (χ3n) is 7.36. The summed E-state index contributed by atoms with van der Waals surface area (Å²) in [6, 6.07) is 13.6. The number of anilines is 2. The number of nitrogens with zero attached hydrogens (tertiary/aromatic N) is 3. The van der Waals surface area contributed by atoms with Gasteiger partial charge in [-0.1, -0.05) is 38.1 Å². The second-order valence-corrected chi connectivity index (χ2v) is 9.98. The average molecular weight is 491 g/mol. The van der Waals surface area contributed by atoms with E-state index in [0.717, 1.165) is 37.1 Å². The van der Waals surface area contributed by atoms with Gasteiger partial charge in [0.2, 0.25) is 11.8 Å². The Kier molecular flexibility index (Phi) is 7.97. The summed E-state index contributed by atoms with van der Waals surface area (Å²) in [6.45, 7) is 10.6. The third-order valence-corrected chi connectivity index (χ3v) is 7.36. The molecule has 7 nitrogen and oxygen atoms in total. The zero-order valence-electron chi connectivity index (χ0n) is 21.9. The molecule has 2 aliphatic rings. The van der Waals surface area contributed by atoms with E-state index >= 15 is 0 Å². The molecule has 0 aliphatic carbocycles. The number of hydrogen-bond acceptors (Lipinski definition) is 4. The van der Waals surface area contributed by atoms with Gasteiger partial charge in [-0.25, -0.2) is 0 Å². The minimum absolute atomic E-state index is 0.0638. The second-order valence-electron chi connectivity index (χ2n) is 9.98. The standard InChI is InChI=1S/C29H38N4O3/c1-5-31(6-2)28(35)23-14-15-24-26(17-23)33(29(36)25-9-7-8-16-32(24)25)19-27(34)30-18-21-10-12-22(13-11-21)20(3)4/h10-15,17,20,25H,5-9,16,18-19H2,1-4H3,(H,30,34)/t25-/m1/s1. The van der Waals surface area contributed by atoms with Crippen LogP contribution in [0.3, 0.4) is 0 Å². The quantitative estimate of drug-likeness (QED) is 0.598. The van der Waals surface area contributed by atoms with Crippen molar-refractivity contribution >= 4 is 29.1 Å². The lowest BCUT2D eigenvalue weighted by Crippen LogP contribution is -2.57. The van der Waals surface area contributed by atoms with Gasteiger partial charge in [-0.2, -0.15) is 0 Å². The largest absolute Gasteiger partial charge is 0.358 e. The summed E-state index contributed by atoms with van der Waals surface area (Å²) < 4.78 is 0. The van der Waals surface area contributed by atoms with Gasteiger partial charge >= 0.3 is 0 Å². The van der Waals surface area contributed by atoms with Crippen LogP contribution in [0.4, 0.5) is 11.4 Å². The molecule has 0 radical (unpaired) electrons. The molecule has 0 spiro atoms. The first-order valence-electron chi connectivity index (χ1n) is 13.2. The number of nitrogens with one attached hydrogen (secondary N) is 1. The summed E-state index contributed by atoms with van der Waals surface area (Å²) >= 11 is 0. The summed E-state index contributed by atoms with van der Waals surface area (Å²) in [5.41, 5.74) is 4.38. The van der Waals surface area contributed by atoms with Crippen LogP contribution in [0.15, 0.2) is 42.5 Å². The number of carbonyl (C=O) groups excluding carboxylic acids is 3. The molecule has 0 unspecified atom stereocenters. The Labute approximate surface area is 214 Å². The smallest absolute Gasteiger partial charge is 0.253 e. The zero-order chi connectivity index (χ0) is 25.8. The zero-order valence-corrected chi connectivity index (χ0v) is 21.9. The lowest BCUT2D eigenvalue weighted by molar-refractivity contribution is -0.125. The van der Waals surface area contributed by atoms with Gasteiger partial charge in [0.1, 0.15) is 12.6 Å². The van der Waals surface area contributed by atoms with Crippen LogP contribution in [-0.2, 0) is 16.1 Å². The van der Waals surface area contributed by atoms with E-state index in [9.17, 15) is 14.4 Å². The van der Waals surface area contributed by atoms with Crippen molar-refractivity contribution in [2.75, 3.05) is 36.0 Å². The average Bonchev–Trinajstić information content (AvgIpc) is 2.90. The second kappa shape index (κ2) is 11.1. The number of piperidine rings is 1. The molecule has 2 aliphatic heterocycles. The lowest BCUT2D eigenvalue weighted by Gasteiger charge is -2.45. The van der Waals surface area contributed by atoms with E-state index in [-0.39, 0.29) is 30.3 Å². The van der Waals surface area contributed by atoms with Gasteiger partial charge in [0, 0.05) is 31.7 Å². The molecule has 1 saturated heterocycles. The SMILES string of the molecule is CCN(CC)C(=O)c1ccc2c(c1)N(CC(=O)NCc1ccc(C(C)C)cc1)C(=O)[C@H]1CCCCN21. The maximum absolute atomic E-state index is 13.6. The monoisotopic (exact) mass is 490 g/mol. The third kappa shape index (κ3) is 5.25. The maximum Gasteiger partial charge on any atom is 0.253 e. The molecule has 192 valence electrons. The molecule has 1 N–H and O–H groups in total. The topological polar surface area (TPSA) is 73.0 Å². The van der Waals surface area contributed by atoms with Crippen LogP contribution >= 0.6 is 0 Å². The number of rotatable bonds is 8. The van der Waals surface area contributed by atoms with Gasteiger partial charge in [-0.15, -0.1) is 0 Å². The summed E-state index contributed by atoms with van der Waals surface area (Å²) in [5, 5.41) is 2.97. The highest BCUT2D eigenvalue weighted by Gasteiger charge is 2.40. The number of carbonyl (C=O) groups is 3. The molecule has 1 fully saturated rings. The highest BCUT2D eigenvalue weighted by molar-refractivity contribution is 6.09. The van der Waals surface area contributed by atoms with E-state index in [1.165, 1.54) is 5.56 Å². The Morgan fingerprint density at radius 3 is 2.42 bits per heavy atom. The van der Waals surface area contributed by atoms with Crippen LogP contribution in [0.5, 0.6) is 0 Å². The molecule has 0 bridgehead atoms. The molecule has 0 aromatic heterocycles. The van der Waals surface area contributed by atoms with Crippen LogP contribution in [0.2, 0.25) is 0 Å². The van der Waals surface area contributed by atoms with Crippen molar-refractivity contribution in [3.05, 3.63) is 59.2 Å². The maximum atomic E-state index is 13.6. The fourth-order valence-electron chi connectivity index (χ4n) is 5.17. The molecule has 2 aromatic carbocycles. The van der Waals surface area contributed by atoms with Crippen molar-refractivity contribution in [3.8, 4) is 0 Å². The van der Waals surface area contributed by atoms with Gasteiger partial charge in [-0.05, 0) is 68.4 Å². The number of fused-ring (bicyclic) bond motifs is 3. The number of benzene rings is 2. The van der Waals surface area contributed by atoms with Crippen molar-refractivity contribution < 1.29 is 14.4 Å². The van der Waals surface area contributed by atoms with Gasteiger partial charge in [0.05, 0.1) is 11.4 Å². The first-order valence-corrected chi connectivity index (χ1v) is 13.2. The number of amides is 3. The van der Waals surface area contributed by atoms with E-state index in [4.69, 9.17) is 0 Å². The van der Waals surface area contributed by atoms with Gasteiger partial charge < -0.3 is 15.1 Å². The van der Waals surface area contributed by atoms with Crippen LogP contribution in [-0.4, -0.2) is 54.8 Å². The predicted octanol–water partition coefficient (Wildman–Crippen LogP) is 4.31. The minimum atomic E-state index is -0.257. The molecule has 2 heterocycles. The minimum Gasteiger partial charge on any atom is -0.358 e. The summed E-state index contributed by atoms with van der Waals surface area (Å²) in [5.74, 6) is 0.111. The van der Waals surface area contributed by atoms with Crippen molar-refractivity contribution in [2.24, 2.45) is 0 Å². The van der Waals surface area contributed by atoms with Crippen LogP contribution < -0.4 is 15.1 Å². The first kappa shape index (κ1) is 25.7. The molecule has 7 heteroatoms. The van der Waals surface area contributed by atoms with Crippen molar-refractivity contribution in [1.29, 1.82) is 0 Å². The van der Waals surface area contributed by atoms with E-state index in [1.54, 1.807) is 15.9 Å². The summed E-state index contributed by atoms with van der Waals surface area (Å²) in [6.07, 6.45) is 2.80. The fraction of sp³-hybridized carbons (Fsp3) is 0.483. The van der Waals surface area contributed by atoms with E-state index < -0.39 is 0 Å². The Morgan fingerprint density at radius 1 is 1.03 bits per heavy atom. The fourth-order valence-corrected chi connectivity index (χ4v) is 5.17. The Bertz CT molecular complexity index is 1110. The van der Waals surface area contributed by atoms with Crippen LogP contribution in [0.25, 0.3) is 0 Å². The van der Waals surface area contributed by atoms with E-state index in [2.05, 4.69) is 36.2 Å². The molecular weight excluding hydrogens is 452 g/mol. The number of hydrogen-bond donors (Lipinski definition) is 1.